The summed E-state index contributed by atoms with van der Waals surface area (Å²) in [5.41, 5.74) is 5.88. The van der Waals surface area contributed by atoms with E-state index in [1.165, 1.54) is 7.11 Å². The molecule has 0 bridgehead atoms. The summed E-state index contributed by atoms with van der Waals surface area (Å²) in [6.07, 6.45) is 1.78. The van der Waals surface area contributed by atoms with Gasteiger partial charge < -0.3 is 29.0 Å². The minimum Gasteiger partial charge on any atom is -0.497 e. The monoisotopic (exact) mass is 542 g/mol. The van der Waals surface area contributed by atoms with Crippen molar-refractivity contribution in [3.63, 3.8) is 0 Å². The first kappa shape index (κ1) is 26.2. The number of carbonyl (C=O) groups is 1. The molecular weight excluding hydrogens is 512 g/mol. The topological polar surface area (TPSA) is 77.9 Å². The smallest absolute Gasteiger partial charge is 0.339 e. The number of rotatable bonds is 7. The number of nitrogens with one attached hydrogen (secondary N) is 1. The first-order valence-corrected chi connectivity index (χ1v) is 12.9. The van der Waals surface area contributed by atoms with Crippen LogP contribution in [0.1, 0.15) is 45.1 Å². The quantitative estimate of drug-likeness (QED) is 0.243. The lowest BCUT2D eigenvalue weighted by molar-refractivity contribution is 0.0600. The molecule has 5 rings (SSSR count). The van der Waals surface area contributed by atoms with E-state index in [4.69, 9.17) is 26.4 Å². The average molecular weight is 543 g/mol. The van der Waals surface area contributed by atoms with Crippen molar-refractivity contribution in [3.05, 3.63) is 101 Å². The molecule has 0 amide bonds. The fraction of sp³-hybridized carbons (Fsp3) is 0.233. The fourth-order valence-corrected chi connectivity index (χ4v) is 5.66. The predicted octanol–water partition coefficient (Wildman–Crippen LogP) is 5.47. The number of para-hydroxylation sites is 1. The minimum absolute atomic E-state index is 0.240. The highest BCUT2D eigenvalue weighted by molar-refractivity contribution is 7.80. The Morgan fingerprint density at radius 3 is 2.41 bits per heavy atom. The Morgan fingerprint density at radius 1 is 0.949 bits per heavy atom. The van der Waals surface area contributed by atoms with E-state index in [-0.39, 0.29) is 18.1 Å². The summed E-state index contributed by atoms with van der Waals surface area (Å²) < 4.78 is 18.4. The standard InChI is InChI=1S/C30H30N4O4S/c1-18-16-22(19(2)33(18)24-12-7-6-10-21(24)29(35)38-5)28-27(23-11-8-9-15-31-23)32-30(39)34(28)25-14-13-20(36-3)17-26(25)37-4/h6-17,27-28H,1-5H3,(H,32,39)/t27-,28+/m1/s1. The second-order valence-electron chi connectivity index (χ2n) is 9.20. The lowest BCUT2D eigenvalue weighted by Gasteiger charge is -2.29. The second kappa shape index (κ2) is 10.8. The van der Waals surface area contributed by atoms with E-state index in [1.54, 1.807) is 26.5 Å². The first-order valence-electron chi connectivity index (χ1n) is 12.5. The number of methoxy groups -OCH3 is 3. The highest BCUT2D eigenvalue weighted by Gasteiger charge is 2.43. The Hall–Kier alpha value is -4.37. The zero-order chi connectivity index (χ0) is 27.7. The van der Waals surface area contributed by atoms with Gasteiger partial charge in [0.2, 0.25) is 0 Å². The summed E-state index contributed by atoms with van der Waals surface area (Å²) in [5, 5.41) is 4.06. The molecule has 8 nitrogen and oxygen atoms in total. The van der Waals surface area contributed by atoms with Gasteiger partial charge in [-0.3, -0.25) is 4.98 Å². The lowest BCUT2D eigenvalue weighted by Crippen LogP contribution is -2.30. The molecule has 39 heavy (non-hydrogen) atoms. The van der Waals surface area contributed by atoms with E-state index >= 15 is 0 Å². The van der Waals surface area contributed by atoms with Gasteiger partial charge in [-0.15, -0.1) is 0 Å². The van der Waals surface area contributed by atoms with Gasteiger partial charge in [0.1, 0.15) is 11.5 Å². The number of aryl methyl sites for hydroxylation is 1. The van der Waals surface area contributed by atoms with Crippen LogP contribution in [0.25, 0.3) is 5.69 Å². The maximum absolute atomic E-state index is 12.6. The summed E-state index contributed by atoms with van der Waals surface area (Å²) in [4.78, 5) is 19.4. The van der Waals surface area contributed by atoms with Crippen LogP contribution < -0.4 is 19.7 Å². The van der Waals surface area contributed by atoms with E-state index in [0.29, 0.717) is 22.2 Å². The maximum atomic E-state index is 12.6. The number of ether oxygens (including phenoxy) is 3. The molecule has 9 heteroatoms. The van der Waals surface area contributed by atoms with Crippen LogP contribution >= 0.6 is 12.2 Å². The second-order valence-corrected chi connectivity index (χ2v) is 9.59. The summed E-state index contributed by atoms with van der Waals surface area (Å²) in [7, 11) is 4.64. The van der Waals surface area contributed by atoms with Crippen LogP contribution in [-0.4, -0.2) is 42.0 Å². The number of thiocarbonyl (C=S) groups is 1. The third kappa shape index (κ3) is 4.59. The van der Waals surface area contributed by atoms with E-state index in [1.807, 2.05) is 61.5 Å². The first-order chi connectivity index (χ1) is 18.9. The van der Waals surface area contributed by atoms with Gasteiger partial charge in [-0.25, -0.2) is 4.79 Å². The Kier molecular flexibility index (Phi) is 7.26. The van der Waals surface area contributed by atoms with E-state index in [0.717, 1.165) is 34.0 Å². The molecule has 3 heterocycles. The summed E-state index contributed by atoms with van der Waals surface area (Å²) in [6.45, 7) is 4.08. The number of anilines is 1. The Bertz CT molecular complexity index is 1540. The fourth-order valence-electron chi connectivity index (χ4n) is 5.32. The molecule has 1 aliphatic rings. The Labute approximate surface area is 233 Å². The van der Waals surface area contributed by atoms with Gasteiger partial charge >= 0.3 is 5.97 Å². The summed E-state index contributed by atoms with van der Waals surface area (Å²) in [5.74, 6) is 0.929. The zero-order valence-corrected chi connectivity index (χ0v) is 23.3. The molecule has 4 aromatic rings. The van der Waals surface area contributed by atoms with Crippen molar-refractivity contribution in [1.29, 1.82) is 0 Å². The molecule has 2 aromatic carbocycles. The van der Waals surface area contributed by atoms with Crippen molar-refractivity contribution in [2.24, 2.45) is 0 Å². The molecule has 0 unspecified atom stereocenters. The lowest BCUT2D eigenvalue weighted by atomic mass is 9.96. The normalized spacial score (nSPS) is 16.6. The third-order valence-electron chi connectivity index (χ3n) is 7.08. The molecule has 0 radical (unpaired) electrons. The molecule has 2 atom stereocenters. The predicted molar refractivity (Wildman–Crippen MR) is 154 cm³/mol. The Morgan fingerprint density at radius 2 is 1.72 bits per heavy atom. The van der Waals surface area contributed by atoms with Crippen molar-refractivity contribution in [2.75, 3.05) is 26.2 Å². The molecule has 0 saturated carbocycles. The Balaban J connectivity index is 1.72. The van der Waals surface area contributed by atoms with Gasteiger partial charge in [0.05, 0.1) is 56.0 Å². The molecule has 0 spiro atoms. The number of hydrogen-bond acceptors (Lipinski definition) is 6. The molecule has 0 aliphatic carbocycles. The van der Waals surface area contributed by atoms with Crippen molar-refractivity contribution in [2.45, 2.75) is 25.9 Å². The summed E-state index contributed by atoms with van der Waals surface area (Å²) >= 11 is 5.92. The number of benzene rings is 2. The van der Waals surface area contributed by atoms with E-state index in [9.17, 15) is 4.79 Å². The van der Waals surface area contributed by atoms with Crippen molar-refractivity contribution >= 4 is 29.0 Å². The minimum atomic E-state index is -0.390. The molecular formula is C30H30N4O4S. The molecule has 1 aliphatic heterocycles. The van der Waals surface area contributed by atoms with Crippen LogP contribution in [-0.2, 0) is 4.74 Å². The molecule has 1 saturated heterocycles. The van der Waals surface area contributed by atoms with Gasteiger partial charge in [0.15, 0.2) is 5.11 Å². The van der Waals surface area contributed by atoms with Gasteiger partial charge in [-0.2, -0.15) is 0 Å². The van der Waals surface area contributed by atoms with Crippen molar-refractivity contribution in [1.82, 2.24) is 14.9 Å². The van der Waals surface area contributed by atoms with Gasteiger partial charge in [-0.1, -0.05) is 18.2 Å². The highest BCUT2D eigenvalue weighted by Crippen LogP contribution is 2.47. The number of hydrogen-bond donors (Lipinski definition) is 1. The van der Waals surface area contributed by atoms with E-state index in [2.05, 4.69) is 32.8 Å². The molecule has 200 valence electrons. The summed E-state index contributed by atoms with van der Waals surface area (Å²) in [6, 6.07) is 20.6. The molecule has 1 N–H and O–H groups in total. The molecule has 2 aromatic heterocycles. The zero-order valence-electron chi connectivity index (χ0n) is 22.5. The van der Waals surface area contributed by atoms with Crippen molar-refractivity contribution < 1.29 is 19.0 Å². The van der Waals surface area contributed by atoms with Crippen LogP contribution in [0.15, 0.2) is 72.9 Å². The van der Waals surface area contributed by atoms with Crippen LogP contribution in [0.5, 0.6) is 11.5 Å². The van der Waals surface area contributed by atoms with Crippen LogP contribution in [0.2, 0.25) is 0 Å². The number of nitrogens with zero attached hydrogens (tertiary/aromatic N) is 3. The maximum Gasteiger partial charge on any atom is 0.339 e. The highest BCUT2D eigenvalue weighted by atomic mass is 32.1. The molecule has 1 fully saturated rings. The number of aromatic nitrogens is 2. The SMILES string of the molecule is COC(=O)c1ccccc1-n1c(C)cc([C@H]2[C@@H](c3ccccn3)NC(=S)N2c2ccc(OC)cc2OC)c1C. The number of esters is 1. The van der Waals surface area contributed by atoms with Crippen LogP contribution in [0, 0.1) is 13.8 Å². The largest absolute Gasteiger partial charge is 0.497 e. The van der Waals surface area contributed by atoms with Crippen LogP contribution in [0.3, 0.4) is 0 Å². The average Bonchev–Trinajstić information content (AvgIpc) is 3.46. The van der Waals surface area contributed by atoms with Gasteiger partial charge in [0.25, 0.3) is 0 Å². The van der Waals surface area contributed by atoms with Gasteiger partial charge in [0, 0.05) is 23.7 Å². The van der Waals surface area contributed by atoms with Gasteiger partial charge in [-0.05, 0) is 74.1 Å². The van der Waals surface area contributed by atoms with Crippen LogP contribution in [0.4, 0.5) is 5.69 Å². The van der Waals surface area contributed by atoms with E-state index < -0.39 is 0 Å². The number of pyridine rings is 1. The third-order valence-corrected chi connectivity index (χ3v) is 7.40. The number of carbonyl (C=O) groups excluding carboxylic acids is 1. The van der Waals surface area contributed by atoms with Crippen molar-refractivity contribution in [3.8, 4) is 17.2 Å².